The van der Waals surface area contributed by atoms with Gasteiger partial charge in [0.15, 0.2) is 11.5 Å². The zero-order chi connectivity index (χ0) is 24.3. The first-order valence-electron chi connectivity index (χ1n) is 10.7. The molecule has 0 aromatic heterocycles. The summed E-state index contributed by atoms with van der Waals surface area (Å²) < 4.78 is 10.8. The van der Waals surface area contributed by atoms with E-state index in [4.69, 9.17) is 9.47 Å². The Morgan fingerprint density at radius 2 is 1.85 bits per heavy atom. The number of aliphatic hydroxyl groups is 1. The minimum atomic E-state index is -0.827. The van der Waals surface area contributed by atoms with Crippen LogP contribution in [0.25, 0.3) is 5.76 Å². The van der Waals surface area contributed by atoms with Gasteiger partial charge in [-0.3, -0.25) is 9.59 Å². The number of aryl methyl sites for hydroxylation is 1. The third kappa shape index (κ3) is 4.80. The number of benzene rings is 2. The van der Waals surface area contributed by atoms with Crippen molar-refractivity contribution >= 4 is 17.4 Å². The lowest BCUT2D eigenvalue weighted by Gasteiger charge is -2.27. The number of rotatable bonds is 8. The monoisotopic (exact) mass is 454 g/mol. The number of phenolic OH excluding ortho intramolecular Hbond substituents is 1. The molecule has 8 heteroatoms. The topological polar surface area (TPSA) is 99.5 Å². The number of carbonyl (C=O) groups is 2. The van der Waals surface area contributed by atoms with Crippen LogP contribution < -0.4 is 9.47 Å². The molecule has 1 heterocycles. The average molecular weight is 455 g/mol. The number of hydrogen-bond donors (Lipinski definition) is 2. The number of likely N-dealkylation sites (N-methyl/N-ethyl adjacent to an activating group) is 1. The molecule has 0 saturated carbocycles. The fourth-order valence-corrected chi connectivity index (χ4v) is 3.92. The molecule has 0 spiro atoms. The lowest BCUT2D eigenvalue weighted by atomic mass is 9.94. The van der Waals surface area contributed by atoms with E-state index < -0.39 is 17.7 Å². The van der Waals surface area contributed by atoms with Crippen LogP contribution in [-0.2, 0) is 9.59 Å². The maximum atomic E-state index is 13.1. The first kappa shape index (κ1) is 24.1. The largest absolute Gasteiger partial charge is 0.507 e. The van der Waals surface area contributed by atoms with Crippen molar-refractivity contribution < 1.29 is 29.3 Å². The molecule has 0 radical (unpaired) electrons. The lowest BCUT2D eigenvalue weighted by molar-refractivity contribution is -0.140. The molecule has 1 saturated heterocycles. The zero-order valence-corrected chi connectivity index (χ0v) is 19.6. The Labute approximate surface area is 193 Å². The Balaban J connectivity index is 2.18. The number of likely N-dealkylation sites (tertiary alicyclic amines) is 1. The number of amides is 1. The van der Waals surface area contributed by atoms with Crippen LogP contribution in [0.5, 0.6) is 17.2 Å². The van der Waals surface area contributed by atoms with E-state index in [1.54, 1.807) is 44.4 Å². The predicted molar refractivity (Wildman–Crippen MR) is 125 cm³/mol. The van der Waals surface area contributed by atoms with E-state index in [1.807, 2.05) is 25.9 Å². The van der Waals surface area contributed by atoms with Gasteiger partial charge in [-0.15, -0.1) is 0 Å². The first-order valence-corrected chi connectivity index (χ1v) is 10.7. The molecule has 1 amide bonds. The van der Waals surface area contributed by atoms with Crippen LogP contribution in [-0.4, -0.2) is 72.6 Å². The number of aromatic hydroxyl groups is 1. The van der Waals surface area contributed by atoms with Crippen molar-refractivity contribution in [3.8, 4) is 17.2 Å². The van der Waals surface area contributed by atoms with Crippen molar-refractivity contribution in [3.63, 3.8) is 0 Å². The zero-order valence-electron chi connectivity index (χ0n) is 19.6. The second-order valence-electron chi connectivity index (χ2n) is 8.14. The van der Waals surface area contributed by atoms with Crippen LogP contribution in [0.3, 0.4) is 0 Å². The highest BCUT2D eigenvalue weighted by Gasteiger charge is 2.46. The standard InChI is InChI=1S/C25H30N2O6/c1-6-33-20-14-16(7-9-18(20)28)22-21(24(30)25(31)27(22)12-11-26(3)4)23(29)17-8-10-19(32-5)15(2)13-17/h7-10,13-14,22,28-29H,6,11-12H2,1-5H3/b23-21+/t22-/m0/s1. The van der Waals surface area contributed by atoms with Crippen molar-refractivity contribution in [2.24, 2.45) is 0 Å². The number of carbonyl (C=O) groups excluding carboxylic acids is 2. The van der Waals surface area contributed by atoms with Gasteiger partial charge >= 0.3 is 0 Å². The second-order valence-corrected chi connectivity index (χ2v) is 8.14. The average Bonchev–Trinajstić information content (AvgIpc) is 3.03. The fraction of sp³-hybridized carbons (Fsp3) is 0.360. The van der Waals surface area contributed by atoms with E-state index >= 15 is 0 Å². The summed E-state index contributed by atoms with van der Waals surface area (Å²) in [5.74, 6) is -0.850. The Morgan fingerprint density at radius 3 is 2.45 bits per heavy atom. The van der Waals surface area contributed by atoms with Gasteiger partial charge in [0.2, 0.25) is 0 Å². The van der Waals surface area contributed by atoms with Crippen LogP contribution in [0.2, 0.25) is 0 Å². The van der Waals surface area contributed by atoms with Crippen molar-refractivity contribution in [1.29, 1.82) is 0 Å². The Bertz CT molecular complexity index is 1090. The summed E-state index contributed by atoms with van der Waals surface area (Å²) in [5, 5.41) is 21.3. The summed E-state index contributed by atoms with van der Waals surface area (Å²) >= 11 is 0. The van der Waals surface area contributed by atoms with E-state index in [1.165, 1.54) is 11.0 Å². The second kappa shape index (κ2) is 9.95. The van der Waals surface area contributed by atoms with E-state index in [9.17, 15) is 19.8 Å². The highest BCUT2D eigenvalue weighted by atomic mass is 16.5. The van der Waals surface area contributed by atoms with E-state index in [2.05, 4.69) is 0 Å². The molecule has 0 unspecified atom stereocenters. The van der Waals surface area contributed by atoms with Crippen LogP contribution in [0, 0.1) is 6.92 Å². The molecule has 0 aliphatic carbocycles. The van der Waals surface area contributed by atoms with Gasteiger partial charge in [-0.25, -0.2) is 0 Å². The van der Waals surface area contributed by atoms with Gasteiger partial charge in [-0.2, -0.15) is 0 Å². The predicted octanol–water partition coefficient (Wildman–Crippen LogP) is 3.09. The van der Waals surface area contributed by atoms with E-state index in [0.29, 0.717) is 30.0 Å². The van der Waals surface area contributed by atoms with Gasteiger partial charge in [0.25, 0.3) is 11.7 Å². The van der Waals surface area contributed by atoms with Crippen molar-refractivity contribution in [1.82, 2.24) is 9.80 Å². The Kier molecular flexibility index (Phi) is 7.28. The van der Waals surface area contributed by atoms with Crippen LogP contribution in [0.1, 0.15) is 29.7 Å². The SMILES string of the molecule is CCOc1cc([C@H]2/C(=C(\O)c3ccc(OC)c(C)c3)C(=O)C(=O)N2CCN(C)C)ccc1O. The van der Waals surface area contributed by atoms with Gasteiger partial charge < -0.3 is 29.5 Å². The molecular formula is C25H30N2O6. The maximum absolute atomic E-state index is 13.1. The van der Waals surface area contributed by atoms with Gasteiger partial charge in [0, 0.05) is 18.7 Å². The normalized spacial score (nSPS) is 17.6. The molecule has 2 aromatic rings. The highest BCUT2D eigenvalue weighted by Crippen LogP contribution is 2.42. The minimum Gasteiger partial charge on any atom is -0.507 e. The van der Waals surface area contributed by atoms with Crippen molar-refractivity contribution in [2.75, 3.05) is 40.9 Å². The van der Waals surface area contributed by atoms with Crippen molar-refractivity contribution in [3.05, 3.63) is 58.7 Å². The van der Waals surface area contributed by atoms with Gasteiger partial charge in [0.1, 0.15) is 11.5 Å². The Morgan fingerprint density at radius 1 is 1.12 bits per heavy atom. The molecule has 0 bridgehead atoms. The molecule has 2 N–H and O–H groups in total. The van der Waals surface area contributed by atoms with Crippen LogP contribution in [0.4, 0.5) is 0 Å². The number of nitrogens with zero attached hydrogens (tertiary/aromatic N) is 2. The number of ketones is 1. The molecule has 1 atom stereocenters. The Hall–Kier alpha value is -3.52. The summed E-state index contributed by atoms with van der Waals surface area (Å²) in [6.45, 7) is 4.77. The number of hydrogen-bond acceptors (Lipinski definition) is 7. The van der Waals surface area contributed by atoms with Crippen LogP contribution in [0.15, 0.2) is 42.0 Å². The minimum absolute atomic E-state index is 0.00328. The molecule has 176 valence electrons. The molecule has 1 aliphatic rings. The molecule has 2 aromatic carbocycles. The lowest BCUT2D eigenvalue weighted by Crippen LogP contribution is -2.35. The smallest absolute Gasteiger partial charge is 0.295 e. The first-order chi connectivity index (χ1) is 15.7. The number of Topliss-reactive ketones (excluding diaryl/α,β-unsaturated/α-hetero) is 1. The van der Waals surface area contributed by atoms with E-state index in [0.717, 1.165) is 5.56 Å². The fourth-order valence-electron chi connectivity index (χ4n) is 3.92. The van der Waals surface area contributed by atoms with Crippen molar-refractivity contribution in [2.45, 2.75) is 19.9 Å². The maximum Gasteiger partial charge on any atom is 0.295 e. The molecule has 3 rings (SSSR count). The number of aliphatic hydroxyl groups excluding tert-OH is 1. The molecule has 1 aliphatic heterocycles. The third-order valence-electron chi connectivity index (χ3n) is 5.60. The molecule has 33 heavy (non-hydrogen) atoms. The molecule has 8 nitrogen and oxygen atoms in total. The van der Waals surface area contributed by atoms with E-state index in [-0.39, 0.29) is 29.4 Å². The van der Waals surface area contributed by atoms with Gasteiger partial charge in [0.05, 0.1) is 25.3 Å². The summed E-state index contributed by atoms with van der Waals surface area (Å²) in [5.41, 5.74) is 1.74. The number of ether oxygens (including phenoxy) is 2. The summed E-state index contributed by atoms with van der Waals surface area (Å²) in [6.07, 6.45) is 0. The highest BCUT2D eigenvalue weighted by molar-refractivity contribution is 6.46. The quantitative estimate of drug-likeness (QED) is 0.359. The third-order valence-corrected chi connectivity index (χ3v) is 5.60. The number of phenols is 1. The summed E-state index contributed by atoms with van der Waals surface area (Å²) in [4.78, 5) is 29.5. The van der Waals surface area contributed by atoms with Gasteiger partial charge in [-0.1, -0.05) is 6.07 Å². The van der Waals surface area contributed by atoms with Crippen LogP contribution >= 0.6 is 0 Å². The summed E-state index contributed by atoms with van der Waals surface area (Å²) in [6, 6.07) is 8.93. The summed E-state index contributed by atoms with van der Waals surface area (Å²) in [7, 11) is 5.30. The number of methoxy groups -OCH3 is 1. The molecular weight excluding hydrogens is 424 g/mol. The van der Waals surface area contributed by atoms with Gasteiger partial charge in [-0.05, 0) is 69.4 Å². The molecule has 1 fully saturated rings.